The molecule has 0 unspecified atom stereocenters. The highest BCUT2D eigenvalue weighted by atomic mass is 16.5. The Morgan fingerprint density at radius 2 is 1.97 bits per heavy atom. The van der Waals surface area contributed by atoms with Crippen molar-refractivity contribution < 1.29 is 19.4 Å². The summed E-state index contributed by atoms with van der Waals surface area (Å²) in [6, 6.07) is 5.42. The van der Waals surface area contributed by atoms with Crippen LogP contribution < -0.4 is 15.0 Å². The van der Waals surface area contributed by atoms with Crippen LogP contribution in [-0.2, 0) is 11.2 Å². The number of likely N-dealkylation sites (N-methyl/N-ethyl adjacent to an activating group) is 1. The predicted molar refractivity (Wildman–Crippen MR) is 123 cm³/mol. The number of hydrogen-bond donors (Lipinski definition) is 2. The minimum Gasteiger partial charge on any atom is -0.488 e. The smallest absolute Gasteiger partial charge is 0.317 e. The summed E-state index contributed by atoms with van der Waals surface area (Å²) >= 11 is 0. The highest BCUT2D eigenvalue weighted by Gasteiger charge is 2.31. The van der Waals surface area contributed by atoms with Gasteiger partial charge in [0.2, 0.25) is 5.91 Å². The minimum atomic E-state index is -0.314. The minimum absolute atomic E-state index is 0.0394. The summed E-state index contributed by atoms with van der Waals surface area (Å²) in [5.41, 5.74) is 1.79. The van der Waals surface area contributed by atoms with Gasteiger partial charge in [0.05, 0.1) is 25.6 Å². The number of amides is 3. The number of anilines is 1. The number of fused-ring (bicyclic) bond motifs is 1. The second-order valence-electron chi connectivity index (χ2n) is 9.06. The molecule has 1 aromatic rings. The number of aliphatic hydroxyl groups excluding tert-OH is 1. The molecule has 0 spiro atoms. The predicted octanol–water partition coefficient (Wildman–Crippen LogP) is 1.95. The molecule has 31 heavy (non-hydrogen) atoms. The average Bonchev–Trinajstić information content (AvgIpc) is 2.74. The van der Waals surface area contributed by atoms with Crippen LogP contribution in [0.5, 0.6) is 5.75 Å². The third-order valence-corrected chi connectivity index (χ3v) is 5.63. The summed E-state index contributed by atoms with van der Waals surface area (Å²) in [7, 11) is 5.65. The number of rotatable bonds is 6. The lowest BCUT2D eigenvalue weighted by Gasteiger charge is -2.34. The van der Waals surface area contributed by atoms with Crippen LogP contribution >= 0.6 is 0 Å². The molecule has 1 aliphatic heterocycles. The first-order valence-corrected chi connectivity index (χ1v) is 10.9. The maximum absolute atomic E-state index is 13.1. The fraction of sp³-hybridized carbons (Fsp3) is 0.652. The molecule has 1 aromatic carbocycles. The number of carbonyl (C=O) groups is 2. The molecular formula is C23H38N4O4. The van der Waals surface area contributed by atoms with Gasteiger partial charge in [-0.3, -0.25) is 4.79 Å². The molecule has 0 saturated heterocycles. The number of carbonyl (C=O) groups excluding carboxylic acids is 2. The van der Waals surface area contributed by atoms with Gasteiger partial charge in [0, 0.05) is 50.9 Å². The lowest BCUT2D eigenvalue weighted by Crippen LogP contribution is -2.49. The van der Waals surface area contributed by atoms with Gasteiger partial charge in [0.15, 0.2) is 0 Å². The number of nitrogens with zero attached hydrogens (tertiary/aromatic N) is 3. The van der Waals surface area contributed by atoms with Gasteiger partial charge in [-0.25, -0.2) is 4.79 Å². The van der Waals surface area contributed by atoms with Crippen molar-refractivity contribution in [2.24, 2.45) is 5.92 Å². The van der Waals surface area contributed by atoms with Gasteiger partial charge in [0.25, 0.3) is 0 Å². The second kappa shape index (κ2) is 10.7. The Balaban J connectivity index is 2.40. The van der Waals surface area contributed by atoms with Crippen molar-refractivity contribution in [2.45, 2.75) is 52.3 Å². The van der Waals surface area contributed by atoms with Crippen molar-refractivity contribution in [1.29, 1.82) is 0 Å². The maximum Gasteiger partial charge on any atom is 0.317 e. The van der Waals surface area contributed by atoms with Gasteiger partial charge in [-0.2, -0.15) is 0 Å². The molecule has 0 radical (unpaired) electrons. The van der Waals surface area contributed by atoms with E-state index < -0.39 is 0 Å². The van der Waals surface area contributed by atoms with E-state index in [0.29, 0.717) is 18.8 Å². The van der Waals surface area contributed by atoms with Crippen molar-refractivity contribution in [3.8, 4) is 5.75 Å². The Hall–Kier alpha value is -2.48. The Morgan fingerprint density at radius 1 is 1.29 bits per heavy atom. The van der Waals surface area contributed by atoms with E-state index in [-0.39, 0.29) is 49.1 Å². The van der Waals surface area contributed by atoms with E-state index in [1.807, 2.05) is 64.9 Å². The number of benzene rings is 1. The number of urea groups is 1. The normalized spacial score (nSPS) is 20.2. The fourth-order valence-electron chi connectivity index (χ4n) is 3.62. The van der Waals surface area contributed by atoms with Crippen molar-refractivity contribution in [2.75, 3.05) is 45.7 Å². The molecular weight excluding hydrogens is 396 g/mol. The van der Waals surface area contributed by atoms with Crippen molar-refractivity contribution >= 4 is 17.6 Å². The van der Waals surface area contributed by atoms with Crippen LogP contribution in [0.25, 0.3) is 0 Å². The van der Waals surface area contributed by atoms with Crippen molar-refractivity contribution in [3.05, 3.63) is 23.8 Å². The van der Waals surface area contributed by atoms with Crippen LogP contribution in [-0.4, -0.2) is 85.9 Å². The number of aliphatic hydroxyl groups is 1. The molecule has 0 fully saturated rings. The molecule has 8 nitrogen and oxygen atoms in total. The van der Waals surface area contributed by atoms with E-state index in [2.05, 4.69) is 5.32 Å². The van der Waals surface area contributed by atoms with Crippen molar-refractivity contribution in [1.82, 2.24) is 15.1 Å². The Bertz CT molecular complexity index is 768. The molecule has 0 aromatic heterocycles. The number of hydrogen-bond acceptors (Lipinski definition) is 5. The zero-order chi connectivity index (χ0) is 23.3. The molecule has 1 aliphatic rings. The molecule has 8 heteroatoms. The van der Waals surface area contributed by atoms with Crippen LogP contribution in [0.3, 0.4) is 0 Å². The molecule has 174 valence electrons. The average molecular weight is 435 g/mol. The maximum atomic E-state index is 13.1. The van der Waals surface area contributed by atoms with Gasteiger partial charge in [-0.1, -0.05) is 6.92 Å². The van der Waals surface area contributed by atoms with Crippen LogP contribution in [0, 0.1) is 5.92 Å². The topological polar surface area (TPSA) is 85.4 Å². The first kappa shape index (κ1) is 24.8. The summed E-state index contributed by atoms with van der Waals surface area (Å²) in [4.78, 5) is 30.9. The van der Waals surface area contributed by atoms with Gasteiger partial charge in [-0.05, 0) is 39.0 Å². The molecule has 3 amide bonds. The first-order valence-electron chi connectivity index (χ1n) is 10.9. The molecule has 2 N–H and O–H groups in total. The molecule has 2 rings (SSSR count). The lowest BCUT2D eigenvalue weighted by atomic mass is 10.0. The summed E-state index contributed by atoms with van der Waals surface area (Å²) in [5, 5.41) is 12.6. The second-order valence-corrected chi connectivity index (χ2v) is 9.06. The van der Waals surface area contributed by atoms with E-state index in [0.717, 1.165) is 11.3 Å². The van der Waals surface area contributed by atoms with Gasteiger partial charge >= 0.3 is 6.03 Å². The molecule has 0 saturated carbocycles. The highest BCUT2D eigenvalue weighted by Crippen LogP contribution is 2.29. The van der Waals surface area contributed by atoms with E-state index in [1.54, 1.807) is 16.8 Å². The zero-order valence-corrected chi connectivity index (χ0v) is 19.9. The van der Waals surface area contributed by atoms with E-state index in [4.69, 9.17) is 4.74 Å². The molecule has 0 aliphatic carbocycles. The van der Waals surface area contributed by atoms with Crippen LogP contribution in [0.1, 0.15) is 33.3 Å². The van der Waals surface area contributed by atoms with Gasteiger partial charge < -0.3 is 29.9 Å². The quantitative estimate of drug-likeness (QED) is 0.715. The first-order chi connectivity index (χ1) is 14.5. The summed E-state index contributed by atoms with van der Waals surface area (Å²) in [5.74, 6) is 0.569. The van der Waals surface area contributed by atoms with E-state index in [9.17, 15) is 14.7 Å². The van der Waals surface area contributed by atoms with Gasteiger partial charge in [0.1, 0.15) is 11.9 Å². The number of nitrogens with one attached hydrogen (secondary N) is 1. The molecule has 1 heterocycles. The molecule has 0 bridgehead atoms. The van der Waals surface area contributed by atoms with Crippen LogP contribution in [0.4, 0.5) is 10.5 Å². The standard InChI is InChI=1S/C23H38N4O4/c1-15(2)24-23(30)26(7)13-21-16(3)12-27(17(4)14-28)22(29)11-18-10-19(25(5)6)8-9-20(18)31-21/h8-10,15-17,21,28H,11-14H2,1-7H3,(H,24,30)/t16-,17-,21-/m1/s1. The lowest BCUT2D eigenvalue weighted by molar-refractivity contribution is -0.134. The Labute approximate surface area is 186 Å². The summed E-state index contributed by atoms with van der Waals surface area (Å²) in [6.07, 6.45) is -0.115. The number of ether oxygens (including phenoxy) is 1. The third kappa shape index (κ3) is 6.50. The van der Waals surface area contributed by atoms with E-state index in [1.165, 1.54) is 0 Å². The summed E-state index contributed by atoms with van der Waals surface area (Å²) < 4.78 is 6.42. The fourth-order valence-corrected chi connectivity index (χ4v) is 3.62. The van der Waals surface area contributed by atoms with E-state index >= 15 is 0 Å². The van der Waals surface area contributed by atoms with Crippen LogP contribution in [0.15, 0.2) is 18.2 Å². The van der Waals surface area contributed by atoms with Gasteiger partial charge in [-0.15, -0.1) is 0 Å². The van der Waals surface area contributed by atoms with Crippen LogP contribution in [0.2, 0.25) is 0 Å². The molecule has 3 atom stereocenters. The third-order valence-electron chi connectivity index (χ3n) is 5.63. The Morgan fingerprint density at radius 3 is 2.55 bits per heavy atom. The summed E-state index contributed by atoms with van der Waals surface area (Å²) in [6.45, 7) is 8.42. The monoisotopic (exact) mass is 434 g/mol. The Kier molecular flexibility index (Phi) is 8.56. The zero-order valence-electron chi connectivity index (χ0n) is 19.9. The largest absolute Gasteiger partial charge is 0.488 e. The SMILES string of the molecule is CC(C)NC(=O)N(C)C[C@H]1Oc2ccc(N(C)C)cc2CC(=O)N([C@H](C)CO)C[C@H]1C. The highest BCUT2D eigenvalue weighted by molar-refractivity contribution is 5.80. The van der Waals surface area contributed by atoms with Crippen molar-refractivity contribution in [3.63, 3.8) is 0 Å².